The number of carbonyl (C=O) groups is 1. The second-order valence-corrected chi connectivity index (χ2v) is 5.34. The molecule has 0 atom stereocenters. The molecule has 1 heterocycles. The molecule has 0 bridgehead atoms. The first kappa shape index (κ1) is 14.4. The molecule has 4 heteroatoms. The molecule has 0 aliphatic rings. The first-order valence-electron chi connectivity index (χ1n) is 6.99. The van der Waals surface area contributed by atoms with E-state index in [4.69, 9.17) is 11.6 Å². The van der Waals surface area contributed by atoms with Crippen molar-refractivity contribution in [2.45, 2.75) is 6.54 Å². The lowest BCUT2D eigenvalue weighted by atomic mass is 10.1. The van der Waals surface area contributed by atoms with Gasteiger partial charge in [-0.15, -0.1) is 0 Å². The van der Waals surface area contributed by atoms with Gasteiger partial charge in [-0.05, 0) is 29.3 Å². The lowest BCUT2D eigenvalue weighted by Gasteiger charge is -2.04. The van der Waals surface area contributed by atoms with Crippen molar-refractivity contribution in [3.63, 3.8) is 0 Å². The van der Waals surface area contributed by atoms with Crippen LogP contribution in [0.2, 0.25) is 5.02 Å². The van der Waals surface area contributed by atoms with Crippen molar-refractivity contribution in [1.29, 1.82) is 0 Å². The molecule has 1 amide bonds. The Bertz CT molecular complexity index is 836. The second kappa shape index (κ2) is 6.50. The minimum atomic E-state index is -0.148. The monoisotopic (exact) mass is 310 g/mol. The Labute approximate surface area is 133 Å². The molecule has 110 valence electrons. The van der Waals surface area contributed by atoms with Crippen LogP contribution in [0, 0.1) is 0 Å². The summed E-state index contributed by atoms with van der Waals surface area (Å²) in [7, 11) is 0. The number of amides is 1. The van der Waals surface area contributed by atoms with E-state index in [0.717, 1.165) is 22.0 Å². The fourth-order valence-electron chi connectivity index (χ4n) is 2.28. The number of halogens is 1. The van der Waals surface area contributed by atoms with Gasteiger partial charge in [0.25, 0.3) is 0 Å². The zero-order chi connectivity index (χ0) is 15.4. The number of aromatic amines is 1. The van der Waals surface area contributed by atoms with E-state index in [-0.39, 0.29) is 5.91 Å². The van der Waals surface area contributed by atoms with Crippen LogP contribution >= 0.6 is 11.6 Å². The van der Waals surface area contributed by atoms with Crippen LogP contribution in [0.3, 0.4) is 0 Å². The molecule has 3 nitrogen and oxygen atoms in total. The van der Waals surface area contributed by atoms with E-state index in [1.807, 2.05) is 54.7 Å². The average Bonchev–Trinajstić information content (AvgIpc) is 2.95. The second-order valence-electron chi connectivity index (χ2n) is 4.93. The van der Waals surface area contributed by atoms with Gasteiger partial charge >= 0.3 is 0 Å². The summed E-state index contributed by atoms with van der Waals surface area (Å²) in [4.78, 5) is 15.1. The molecule has 2 aromatic carbocycles. The molecular weight excluding hydrogens is 296 g/mol. The van der Waals surface area contributed by atoms with Crippen LogP contribution in [-0.4, -0.2) is 10.9 Å². The summed E-state index contributed by atoms with van der Waals surface area (Å²) in [5.41, 5.74) is 2.94. The van der Waals surface area contributed by atoms with Crippen molar-refractivity contribution in [2.24, 2.45) is 0 Å². The van der Waals surface area contributed by atoms with Gasteiger partial charge in [0.2, 0.25) is 5.91 Å². The van der Waals surface area contributed by atoms with Gasteiger partial charge in [-0.3, -0.25) is 4.79 Å². The minimum Gasteiger partial charge on any atom is -0.361 e. The number of fused-ring (bicyclic) bond motifs is 1. The van der Waals surface area contributed by atoms with Crippen molar-refractivity contribution < 1.29 is 4.79 Å². The van der Waals surface area contributed by atoms with Gasteiger partial charge in [0, 0.05) is 34.7 Å². The summed E-state index contributed by atoms with van der Waals surface area (Å²) in [5, 5.41) is 4.58. The Morgan fingerprint density at radius 3 is 2.77 bits per heavy atom. The maximum Gasteiger partial charge on any atom is 0.244 e. The molecule has 0 spiro atoms. The standard InChI is InChI=1S/C18H15ClN2O/c19-16-7-3-1-5-14(16)12-21-18(22)10-9-13-11-20-17-8-4-2-6-15(13)17/h1-11,20H,12H2,(H,21,22)/b10-9+. The summed E-state index contributed by atoms with van der Waals surface area (Å²) in [6.45, 7) is 0.413. The molecule has 0 saturated carbocycles. The van der Waals surface area contributed by atoms with Crippen molar-refractivity contribution in [3.05, 3.63) is 77.0 Å². The quantitative estimate of drug-likeness (QED) is 0.699. The number of rotatable bonds is 4. The van der Waals surface area contributed by atoms with Crippen molar-refractivity contribution in [1.82, 2.24) is 10.3 Å². The summed E-state index contributed by atoms with van der Waals surface area (Å²) in [5.74, 6) is -0.148. The summed E-state index contributed by atoms with van der Waals surface area (Å²) in [6, 6.07) is 15.4. The molecule has 0 saturated heterocycles. The highest BCUT2D eigenvalue weighted by Gasteiger charge is 2.02. The third-order valence-electron chi connectivity index (χ3n) is 3.45. The predicted molar refractivity (Wildman–Crippen MR) is 90.6 cm³/mol. The maximum atomic E-state index is 11.9. The Morgan fingerprint density at radius 1 is 1.14 bits per heavy atom. The Morgan fingerprint density at radius 2 is 1.91 bits per heavy atom. The van der Waals surface area contributed by atoms with Crippen LogP contribution in [-0.2, 0) is 11.3 Å². The first-order chi connectivity index (χ1) is 10.7. The summed E-state index contributed by atoms with van der Waals surface area (Å²) >= 11 is 6.06. The molecule has 0 aliphatic carbocycles. The van der Waals surface area contributed by atoms with Gasteiger partial charge in [-0.25, -0.2) is 0 Å². The topological polar surface area (TPSA) is 44.9 Å². The number of hydrogen-bond acceptors (Lipinski definition) is 1. The lowest BCUT2D eigenvalue weighted by molar-refractivity contribution is -0.116. The third-order valence-corrected chi connectivity index (χ3v) is 3.82. The molecule has 3 rings (SSSR count). The van der Waals surface area contributed by atoms with Gasteiger partial charge in [-0.2, -0.15) is 0 Å². The fourth-order valence-corrected chi connectivity index (χ4v) is 2.48. The van der Waals surface area contributed by atoms with Crippen molar-refractivity contribution >= 4 is 34.5 Å². The molecule has 1 aromatic heterocycles. The van der Waals surface area contributed by atoms with E-state index in [1.165, 1.54) is 6.08 Å². The van der Waals surface area contributed by atoms with E-state index in [1.54, 1.807) is 6.08 Å². The average molecular weight is 311 g/mol. The molecule has 0 fully saturated rings. The van der Waals surface area contributed by atoms with E-state index in [9.17, 15) is 4.79 Å². The van der Waals surface area contributed by atoms with Crippen LogP contribution in [0.5, 0.6) is 0 Å². The van der Waals surface area contributed by atoms with Crippen molar-refractivity contribution in [3.8, 4) is 0 Å². The molecule has 22 heavy (non-hydrogen) atoms. The lowest BCUT2D eigenvalue weighted by Crippen LogP contribution is -2.20. The van der Waals surface area contributed by atoms with E-state index in [0.29, 0.717) is 11.6 Å². The van der Waals surface area contributed by atoms with Crippen LogP contribution in [0.1, 0.15) is 11.1 Å². The molecule has 0 unspecified atom stereocenters. The highest BCUT2D eigenvalue weighted by atomic mass is 35.5. The predicted octanol–water partition coefficient (Wildman–Crippen LogP) is 4.15. The van der Waals surface area contributed by atoms with Gasteiger partial charge in [-0.1, -0.05) is 48.0 Å². The number of para-hydroxylation sites is 1. The highest BCUT2D eigenvalue weighted by molar-refractivity contribution is 6.31. The zero-order valence-corrected chi connectivity index (χ0v) is 12.6. The molecule has 0 aliphatic heterocycles. The number of hydrogen-bond donors (Lipinski definition) is 2. The van der Waals surface area contributed by atoms with Gasteiger partial charge in [0.05, 0.1) is 0 Å². The number of H-pyrrole nitrogens is 1. The van der Waals surface area contributed by atoms with Gasteiger partial charge in [0.1, 0.15) is 0 Å². The van der Waals surface area contributed by atoms with Gasteiger partial charge in [0.15, 0.2) is 0 Å². The minimum absolute atomic E-state index is 0.148. The van der Waals surface area contributed by atoms with Crippen LogP contribution in [0.15, 0.2) is 60.8 Å². The first-order valence-corrected chi connectivity index (χ1v) is 7.37. The van der Waals surface area contributed by atoms with Crippen LogP contribution in [0.4, 0.5) is 0 Å². The Kier molecular flexibility index (Phi) is 4.26. The molecule has 3 aromatic rings. The van der Waals surface area contributed by atoms with E-state index < -0.39 is 0 Å². The number of benzene rings is 2. The van der Waals surface area contributed by atoms with Crippen molar-refractivity contribution in [2.75, 3.05) is 0 Å². The fraction of sp³-hybridized carbons (Fsp3) is 0.0556. The number of aromatic nitrogens is 1. The SMILES string of the molecule is O=C(/C=C/c1c[nH]c2ccccc12)NCc1ccccc1Cl. The van der Waals surface area contributed by atoms with Crippen LogP contribution in [0.25, 0.3) is 17.0 Å². The van der Waals surface area contributed by atoms with Crippen LogP contribution < -0.4 is 5.32 Å². The highest BCUT2D eigenvalue weighted by Crippen LogP contribution is 2.18. The van der Waals surface area contributed by atoms with Gasteiger partial charge < -0.3 is 10.3 Å². The zero-order valence-electron chi connectivity index (χ0n) is 11.8. The molecular formula is C18H15ClN2O. The van der Waals surface area contributed by atoms with E-state index >= 15 is 0 Å². The summed E-state index contributed by atoms with van der Waals surface area (Å²) < 4.78 is 0. The normalized spacial score (nSPS) is 11.1. The Balaban J connectivity index is 1.65. The summed E-state index contributed by atoms with van der Waals surface area (Å²) in [6.07, 6.45) is 5.23. The Hall–Kier alpha value is -2.52. The van der Waals surface area contributed by atoms with E-state index in [2.05, 4.69) is 10.3 Å². The smallest absolute Gasteiger partial charge is 0.244 e. The maximum absolute atomic E-state index is 11.9. The molecule has 2 N–H and O–H groups in total. The third kappa shape index (κ3) is 3.21. The number of carbonyl (C=O) groups excluding carboxylic acids is 1. The number of nitrogens with one attached hydrogen (secondary N) is 2. The largest absolute Gasteiger partial charge is 0.361 e. The molecule has 0 radical (unpaired) electrons.